The largest absolute Gasteiger partial charge is 0.467 e. The van der Waals surface area contributed by atoms with E-state index in [4.69, 9.17) is 4.42 Å². The fourth-order valence-corrected chi connectivity index (χ4v) is 1.73. The Labute approximate surface area is 100 Å². The molecule has 2 rings (SSSR count). The maximum absolute atomic E-state index is 11.8. The van der Waals surface area contributed by atoms with Crippen LogP contribution >= 0.6 is 22.6 Å². The van der Waals surface area contributed by atoms with Gasteiger partial charge in [0.15, 0.2) is 0 Å². The van der Waals surface area contributed by atoms with Crippen molar-refractivity contribution in [3.63, 3.8) is 0 Å². The number of nitrogens with zero attached hydrogens (tertiary/aromatic N) is 2. The van der Waals surface area contributed by atoms with Crippen LogP contribution < -0.4 is 5.56 Å². The van der Waals surface area contributed by atoms with Crippen molar-refractivity contribution in [3.05, 3.63) is 50.1 Å². The molecule has 0 amide bonds. The van der Waals surface area contributed by atoms with E-state index >= 15 is 0 Å². The van der Waals surface area contributed by atoms with Gasteiger partial charge in [0.1, 0.15) is 11.6 Å². The van der Waals surface area contributed by atoms with Gasteiger partial charge in [-0.15, -0.1) is 0 Å². The molecule has 78 valence electrons. The first-order chi connectivity index (χ1) is 7.18. The van der Waals surface area contributed by atoms with Crippen LogP contribution in [0.3, 0.4) is 0 Å². The highest BCUT2D eigenvalue weighted by atomic mass is 127. The zero-order valence-corrected chi connectivity index (χ0v) is 10.3. The fraction of sp³-hybridized carbons (Fsp3) is 0.200. The summed E-state index contributed by atoms with van der Waals surface area (Å²) < 4.78 is 7.41. The number of hydrogen-bond donors (Lipinski definition) is 0. The zero-order valence-electron chi connectivity index (χ0n) is 8.11. The summed E-state index contributed by atoms with van der Waals surface area (Å²) >= 11 is 1.98. The molecule has 0 bridgehead atoms. The van der Waals surface area contributed by atoms with Gasteiger partial charge in [-0.3, -0.25) is 9.36 Å². The van der Waals surface area contributed by atoms with E-state index in [1.807, 2.05) is 28.7 Å². The van der Waals surface area contributed by atoms with Gasteiger partial charge in [0.2, 0.25) is 0 Å². The zero-order chi connectivity index (χ0) is 10.8. The van der Waals surface area contributed by atoms with Gasteiger partial charge in [0.05, 0.1) is 16.4 Å². The lowest BCUT2D eigenvalue weighted by atomic mass is 10.4. The van der Waals surface area contributed by atoms with Crippen LogP contribution in [0.4, 0.5) is 0 Å². The summed E-state index contributed by atoms with van der Waals surface area (Å²) in [5.74, 6) is 1.45. The number of aromatic nitrogens is 2. The summed E-state index contributed by atoms with van der Waals surface area (Å²) in [4.78, 5) is 15.9. The number of hydrogen-bond acceptors (Lipinski definition) is 3. The van der Waals surface area contributed by atoms with Crippen molar-refractivity contribution in [3.8, 4) is 0 Å². The molecule has 0 aromatic carbocycles. The summed E-state index contributed by atoms with van der Waals surface area (Å²) in [5.41, 5.74) is -0.0282. The van der Waals surface area contributed by atoms with Crippen LogP contribution in [0.1, 0.15) is 11.6 Å². The molecule has 0 aliphatic carbocycles. The Balaban J connectivity index is 2.44. The van der Waals surface area contributed by atoms with E-state index in [-0.39, 0.29) is 5.56 Å². The lowest BCUT2D eigenvalue weighted by Crippen LogP contribution is -2.25. The van der Waals surface area contributed by atoms with Gasteiger partial charge in [-0.1, -0.05) is 0 Å². The Bertz CT molecular complexity index is 517. The molecule has 0 spiro atoms. The first-order valence-corrected chi connectivity index (χ1v) is 5.50. The van der Waals surface area contributed by atoms with E-state index in [1.54, 1.807) is 30.0 Å². The van der Waals surface area contributed by atoms with Crippen LogP contribution in [0.2, 0.25) is 0 Å². The Kier molecular flexibility index (Phi) is 2.90. The highest BCUT2D eigenvalue weighted by molar-refractivity contribution is 14.1. The first-order valence-electron chi connectivity index (χ1n) is 4.43. The summed E-state index contributed by atoms with van der Waals surface area (Å²) in [6, 6.07) is 3.64. The summed E-state index contributed by atoms with van der Waals surface area (Å²) in [6.45, 7) is 2.24. The van der Waals surface area contributed by atoms with Crippen LogP contribution in [-0.4, -0.2) is 9.55 Å². The maximum Gasteiger partial charge on any atom is 0.267 e. The fourth-order valence-electron chi connectivity index (χ4n) is 1.30. The minimum absolute atomic E-state index is 0.0282. The Morgan fingerprint density at radius 3 is 3.07 bits per heavy atom. The first kappa shape index (κ1) is 10.4. The standard InChI is InChI=1S/C10H9IN2O2/c1-7-12-5-9(11)10(14)13(7)6-8-3-2-4-15-8/h2-5H,6H2,1H3. The predicted molar refractivity (Wildman–Crippen MR) is 63.8 cm³/mol. The molecule has 5 heteroatoms. The highest BCUT2D eigenvalue weighted by Crippen LogP contribution is 2.04. The molecule has 0 radical (unpaired) electrons. The molecule has 15 heavy (non-hydrogen) atoms. The second kappa shape index (κ2) is 4.18. The van der Waals surface area contributed by atoms with Crippen molar-refractivity contribution in [1.82, 2.24) is 9.55 Å². The molecule has 0 unspecified atom stereocenters. The molecular weight excluding hydrogens is 307 g/mol. The minimum Gasteiger partial charge on any atom is -0.467 e. The second-order valence-electron chi connectivity index (χ2n) is 3.12. The van der Waals surface area contributed by atoms with Crippen molar-refractivity contribution in [2.75, 3.05) is 0 Å². The van der Waals surface area contributed by atoms with Crippen LogP contribution in [0.15, 0.2) is 33.8 Å². The molecule has 0 saturated carbocycles. The van der Waals surface area contributed by atoms with Gasteiger partial charge >= 0.3 is 0 Å². The van der Waals surface area contributed by atoms with E-state index in [2.05, 4.69) is 4.98 Å². The Morgan fingerprint density at radius 2 is 2.40 bits per heavy atom. The smallest absolute Gasteiger partial charge is 0.267 e. The maximum atomic E-state index is 11.8. The van der Waals surface area contributed by atoms with Crippen LogP contribution in [0.25, 0.3) is 0 Å². The van der Waals surface area contributed by atoms with E-state index in [9.17, 15) is 4.79 Å². The number of aryl methyl sites for hydroxylation is 1. The molecule has 0 N–H and O–H groups in total. The number of furan rings is 1. The van der Waals surface area contributed by atoms with Crippen molar-refractivity contribution >= 4 is 22.6 Å². The molecule has 0 saturated heterocycles. The van der Waals surface area contributed by atoms with Gasteiger partial charge < -0.3 is 4.42 Å². The second-order valence-corrected chi connectivity index (χ2v) is 4.29. The molecule has 0 aliphatic heterocycles. The Morgan fingerprint density at radius 1 is 1.60 bits per heavy atom. The van der Waals surface area contributed by atoms with Crippen molar-refractivity contribution in [1.29, 1.82) is 0 Å². The third kappa shape index (κ3) is 2.11. The normalized spacial score (nSPS) is 10.5. The summed E-state index contributed by atoms with van der Waals surface area (Å²) in [7, 11) is 0. The molecule has 2 heterocycles. The molecule has 4 nitrogen and oxygen atoms in total. The van der Waals surface area contributed by atoms with Crippen molar-refractivity contribution in [2.24, 2.45) is 0 Å². The minimum atomic E-state index is -0.0282. The molecule has 0 aliphatic rings. The van der Waals surface area contributed by atoms with Crippen LogP contribution in [0.5, 0.6) is 0 Å². The lowest BCUT2D eigenvalue weighted by molar-refractivity contribution is 0.483. The van der Waals surface area contributed by atoms with Crippen LogP contribution in [0, 0.1) is 10.5 Å². The summed E-state index contributed by atoms with van der Waals surface area (Å²) in [5, 5.41) is 0. The topological polar surface area (TPSA) is 48.0 Å². The molecule has 2 aromatic heterocycles. The monoisotopic (exact) mass is 316 g/mol. The number of halogens is 1. The molecule has 0 fully saturated rings. The number of rotatable bonds is 2. The van der Waals surface area contributed by atoms with Crippen molar-refractivity contribution in [2.45, 2.75) is 13.5 Å². The lowest BCUT2D eigenvalue weighted by Gasteiger charge is -2.06. The van der Waals surface area contributed by atoms with E-state index in [0.29, 0.717) is 15.9 Å². The third-order valence-corrected chi connectivity index (χ3v) is 2.84. The van der Waals surface area contributed by atoms with Crippen LogP contribution in [-0.2, 0) is 6.54 Å². The molecule has 2 aromatic rings. The summed E-state index contributed by atoms with van der Waals surface area (Å²) in [6.07, 6.45) is 3.17. The van der Waals surface area contributed by atoms with Gasteiger partial charge in [0.25, 0.3) is 5.56 Å². The Hall–Kier alpha value is -1.11. The van der Waals surface area contributed by atoms with Gasteiger partial charge in [0, 0.05) is 6.20 Å². The third-order valence-electron chi connectivity index (χ3n) is 2.10. The SMILES string of the molecule is Cc1ncc(I)c(=O)n1Cc1ccco1. The van der Waals surface area contributed by atoms with Gasteiger partial charge in [-0.2, -0.15) is 0 Å². The quantitative estimate of drug-likeness (QED) is 0.794. The molecule has 0 atom stereocenters. The van der Waals surface area contributed by atoms with E-state index in [0.717, 1.165) is 5.76 Å². The molecular formula is C10H9IN2O2. The van der Waals surface area contributed by atoms with E-state index < -0.39 is 0 Å². The van der Waals surface area contributed by atoms with E-state index in [1.165, 1.54) is 0 Å². The van der Waals surface area contributed by atoms with Gasteiger partial charge in [-0.05, 0) is 41.6 Å². The van der Waals surface area contributed by atoms with Gasteiger partial charge in [-0.25, -0.2) is 4.98 Å². The average Bonchev–Trinajstić information content (AvgIpc) is 2.71. The predicted octanol–water partition coefficient (Wildman–Crippen LogP) is 1.80. The van der Waals surface area contributed by atoms with Crippen molar-refractivity contribution < 1.29 is 4.42 Å². The average molecular weight is 316 g/mol. The highest BCUT2D eigenvalue weighted by Gasteiger charge is 2.06.